The van der Waals surface area contributed by atoms with Gasteiger partial charge in [0.2, 0.25) is 0 Å². The van der Waals surface area contributed by atoms with Crippen LogP contribution in [-0.4, -0.2) is 18.2 Å². The van der Waals surface area contributed by atoms with Crippen LogP contribution in [0, 0.1) is 11.8 Å². The lowest BCUT2D eigenvalue weighted by molar-refractivity contribution is -0.146. The van der Waals surface area contributed by atoms with Crippen molar-refractivity contribution in [2.24, 2.45) is 17.6 Å². The van der Waals surface area contributed by atoms with E-state index in [4.69, 9.17) is 10.5 Å². The zero-order valence-electron chi connectivity index (χ0n) is 9.58. The molecule has 1 aliphatic heterocycles. The molecule has 86 valence electrons. The van der Waals surface area contributed by atoms with Crippen LogP contribution in [-0.2, 0) is 4.74 Å². The van der Waals surface area contributed by atoms with E-state index in [-0.39, 0.29) is 5.60 Å². The zero-order chi connectivity index (χ0) is 10.3. The van der Waals surface area contributed by atoms with Crippen molar-refractivity contribution in [2.75, 3.05) is 6.61 Å². The van der Waals surface area contributed by atoms with Crippen LogP contribution >= 0.6 is 0 Å². The van der Waals surface area contributed by atoms with Crippen molar-refractivity contribution in [3.63, 3.8) is 0 Å². The summed E-state index contributed by atoms with van der Waals surface area (Å²) in [4.78, 5) is 0. The van der Waals surface area contributed by atoms with Crippen LogP contribution in [0.3, 0.4) is 0 Å². The molecule has 2 N–H and O–H groups in total. The molecule has 3 aliphatic rings. The van der Waals surface area contributed by atoms with E-state index in [0.29, 0.717) is 6.04 Å². The summed E-state index contributed by atoms with van der Waals surface area (Å²) in [6.07, 6.45) is 10.5. The maximum absolute atomic E-state index is 6.33. The molecular formula is C13H23NO. The van der Waals surface area contributed by atoms with Crippen LogP contribution in [0.4, 0.5) is 0 Å². The predicted molar refractivity (Wildman–Crippen MR) is 60.6 cm³/mol. The molecule has 2 heteroatoms. The summed E-state index contributed by atoms with van der Waals surface area (Å²) in [6.45, 7) is 0.961. The molecule has 0 aromatic carbocycles. The van der Waals surface area contributed by atoms with Gasteiger partial charge in [0.25, 0.3) is 0 Å². The quantitative estimate of drug-likeness (QED) is 0.775. The van der Waals surface area contributed by atoms with Crippen molar-refractivity contribution in [3.05, 3.63) is 0 Å². The Hall–Kier alpha value is -0.0800. The van der Waals surface area contributed by atoms with E-state index in [1.807, 2.05) is 0 Å². The zero-order valence-corrected chi connectivity index (χ0v) is 9.58. The monoisotopic (exact) mass is 209 g/mol. The highest BCUT2D eigenvalue weighted by molar-refractivity contribution is 4.96. The second-order valence-corrected chi connectivity index (χ2v) is 5.98. The minimum atomic E-state index is 0.282. The molecule has 1 saturated heterocycles. The SMILES string of the molecule is NC(CC1CC1)C1CCOC2(CCC2)C1. The minimum absolute atomic E-state index is 0.282. The van der Waals surface area contributed by atoms with Crippen molar-refractivity contribution in [1.29, 1.82) is 0 Å². The molecule has 2 saturated carbocycles. The van der Waals surface area contributed by atoms with Gasteiger partial charge in [-0.2, -0.15) is 0 Å². The molecule has 0 aromatic heterocycles. The third kappa shape index (κ3) is 2.07. The summed E-state index contributed by atoms with van der Waals surface area (Å²) in [5.74, 6) is 1.72. The largest absolute Gasteiger partial charge is 0.375 e. The molecule has 2 unspecified atom stereocenters. The average Bonchev–Trinajstić information content (AvgIpc) is 2.99. The van der Waals surface area contributed by atoms with Crippen molar-refractivity contribution in [3.8, 4) is 0 Å². The standard InChI is InChI=1S/C13H23NO/c14-12(8-10-2-3-10)11-4-7-15-13(9-11)5-1-6-13/h10-12H,1-9,14H2. The normalized spacial score (nSPS) is 36.2. The number of ether oxygens (including phenoxy) is 1. The van der Waals surface area contributed by atoms with Gasteiger partial charge in [-0.3, -0.25) is 0 Å². The lowest BCUT2D eigenvalue weighted by atomic mass is 9.70. The highest BCUT2D eigenvalue weighted by atomic mass is 16.5. The second-order valence-electron chi connectivity index (χ2n) is 5.98. The first-order valence-corrected chi connectivity index (χ1v) is 6.67. The summed E-state index contributed by atoms with van der Waals surface area (Å²) < 4.78 is 5.95. The van der Waals surface area contributed by atoms with E-state index in [9.17, 15) is 0 Å². The summed E-state index contributed by atoms with van der Waals surface area (Å²) in [5, 5.41) is 0. The fraction of sp³-hybridized carbons (Fsp3) is 1.00. The maximum atomic E-state index is 6.33. The Balaban J connectivity index is 1.55. The van der Waals surface area contributed by atoms with E-state index < -0.39 is 0 Å². The minimum Gasteiger partial charge on any atom is -0.375 e. The van der Waals surface area contributed by atoms with Crippen molar-refractivity contribution in [1.82, 2.24) is 0 Å². The van der Waals surface area contributed by atoms with Gasteiger partial charge < -0.3 is 10.5 Å². The first-order chi connectivity index (χ1) is 7.27. The van der Waals surface area contributed by atoms with E-state index >= 15 is 0 Å². The van der Waals surface area contributed by atoms with E-state index in [2.05, 4.69) is 0 Å². The first-order valence-electron chi connectivity index (χ1n) is 6.67. The molecule has 2 aliphatic carbocycles. The Bertz CT molecular complexity index is 233. The Morgan fingerprint density at radius 1 is 1.27 bits per heavy atom. The molecule has 3 rings (SSSR count). The van der Waals surface area contributed by atoms with Gasteiger partial charge in [-0.15, -0.1) is 0 Å². The molecule has 2 nitrogen and oxygen atoms in total. The number of hydrogen-bond acceptors (Lipinski definition) is 2. The van der Waals surface area contributed by atoms with Gasteiger partial charge in [0, 0.05) is 12.6 Å². The van der Waals surface area contributed by atoms with Crippen molar-refractivity contribution >= 4 is 0 Å². The topological polar surface area (TPSA) is 35.2 Å². The molecule has 3 fully saturated rings. The van der Waals surface area contributed by atoms with Gasteiger partial charge in [-0.1, -0.05) is 12.8 Å². The van der Waals surface area contributed by atoms with Gasteiger partial charge in [-0.05, 0) is 50.4 Å². The third-order valence-electron chi connectivity index (χ3n) is 4.70. The smallest absolute Gasteiger partial charge is 0.0685 e. The Labute approximate surface area is 92.6 Å². The van der Waals surface area contributed by atoms with Crippen LogP contribution in [0.2, 0.25) is 0 Å². The predicted octanol–water partition coefficient (Wildman–Crippen LogP) is 2.46. The van der Waals surface area contributed by atoms with E-state index in [1.54, 1.807) is 0 Å². The molecule has 2 atom stereocenters. The van der Waals surface area contributed by atoms with Gasteiger partial charge in [0.15, 0.2) is 0 Å². The first kappa shape index (κ1) is 10.1. The lowest BCUT2D eigenvalue weighted by Gasteiger charge is -2.48. The fourth-order valence-corrected chi connectivity index (χ4v) is 3.28. The second kappa shape index (κ2) is 3.74. The van der Waals surface area contributed by atoms with E-state index in [1.165, 1.54) is 51.4 Å². The van der Waals surface area contributed by atoms with Crippen molar-refractivity contribution < 1.29 is 4.74 Å². The number of hydrogen-bond donors (Lipinski definition) is 1. The molecule has 0 bridgehead atoms. The fourth-order valence-electron chi connectivity index (χ4n) is 3.28. The molecule has 0 aromatic rings. The van der Waals surface area contributed by atoms with Crippen LogP contribution < -0.4 is 5.73 Å². The summed E-state index contributed by atoms with van der Waals surface area (Å²) >= 11 is 0. The van der Waals surface area contributed by atoms with Crippen molar-refractivity contribution in [2.45, 2.75) is 63.0 Å². The third-order valence-corrected chi connectivity index (χ3v) is 4.70. The van der Waals surface area contributed by atoms with E-state index in [0.717, 1.165) is 18.4 Å². The Morgan fingerprint density at radius 2 is 2.07 bits per heavy atom. The van der Waals surface area contributed by atoms with Crippen LogP contribution in [0.15, 0.2) is 0 Å². The highest BCUT2D eigenvalue weighted by Gasteiger charge is 2.44. The summed E-state index contributed by atoms with van der Waals surface area (Å²) in [7, 11) is 0. The maximum Gasteiger partial charge on any atom is 0.0685 e. The molecule has 1 heterocycles. The van der Waals surface area contributed by atoms with Gasteiger partial charge in [0.1, 0.15) is 0 Å². The average molecular weight is 209 g/mol. The van der Waals surface area contributed by atoms with Crippen LogP contribution in [0.25, 0.3) is 0 Å². The molecule has 0 radical (unpaired) electrons. The molecule has 1 spiro atoms. The molecular weight excluding hydrogens is 186 g/mol. The number of nitrogens with two attached hydrogens (primary N) is 1. The van der Waals surface area contributed by atoms with Crippen LogP contribution in [0.1, 0.15) is 51.4 Å². The summed E-state index contributed by atoms with van der Waals surface area (Å²) in [6, 6.07) is 0.457. The Morgan fingerprint density at radius 3 is 2.67 bits per heavy atom. The highest BCUT2D eigenvalue weighted by Crippen LogP contribution is 2.46. The molecule has 15 heavy (non-hydrogen) atoms. The number of rotatable bonds is 3. The molecule has 0 amide bonds. The lowest BCUT2D eigenvalue weighted by Crippen LogP contribution is -2.49. The van der Waals surface area contributed by atoms with Crippen LogP contribution in [0.5, 0.6) is 0 Å². The van der Waals surface area contributed by atoms with Gasteiger partial charge >= 0.3 is 0 Å². The van der Waals surface area contributed by atoms with Gasteiger partial charge in [-0.25, -0.2) is 0 Å². The van der Waals surface area contributed by atoms with Gasteiger partial charge in [0.05, 0.1) is 5.60 Å². The Kier molecular flexibility index (Phi) is 2.52. The summed E-state index contributed by atoms with van der Waals surface area (Å²) in [5.41, 5.74) is 6.62.